The quantitative estimate of drug-likeness (QED) is 0.558. The van der Waals surface area contributed by atoms with Crippen LogP contribution in [0.15, 0.2) is 42.1 Å². The molecule has 0 unspecified atom stereocenters. The van der Waals surface area contributed by atoms with Crippen LogP contribution in [0.3, 0.4) is 0 Å². The van der Waals surface area contributed by atoms with Gasteiger partial charge in [0.25, 0.3) is 5.91 Å². The number of ether oxygens (including phenoxy) is 1. The minimum absolute atomic E-state index is 0.0991. The van der Waals surface area contributed by atoms with Gasteiger partial charge in [0.2, 0.25) is 0 Å². The first kappa shape index (κ1) is 21.4. The number of nitrogens with zero attached hydrogens (tertiary/aromatic N) is 4. The van der Waals surface area contributed by atoms with E-state index in [-0.39, 0.29) is 31.2 Å². The molecule has 2 rings (SSSR count). The van der Waals surface area contributed by atoms with Gasteiger partial charge < -0.3 is 15.4 Å². The Bertz CT molecular complexity index is 721. The van der Waals surface area contributed by atoms with Gasteiger partial charge in [-0.25, -0.2) is 4.79 Å². The number of nitriles is 1. The lowest BCUT2D eigenvalue weighted by molar-refractivity contribution is -0.128. The first-order chi connectivity index (χ1) is 13.6. The first-order valence-corrected chi connectivity index (χ1v) is 9.40. The lowest BCUT2D eigenvalue weighted by atomic mass is 10.2. The van der Waals surface area contributed by atoms with Crippen LogP contribution in [0.2, 0.25) is 0 Å². The van der Waals surface area contributed by atoms with Crippen molar-refractivity contribution in [3.63, 3.8) is 0 Å². The zero-order valence-corrected chi connectivity index (χ0v) is 16.2. The van der Waals surface area contributed by atoms with Crippen molar-refractivity contribution >= 4 is 12.0 Å². The van der Waals surface area contributed by atoms with E-state index in [1.807, 2.05) is 24.3 Å². The molecule has 8 heteroatoms. The number of carbonyl (C=O) groups excluding carboxylic acids is 2. The van der Waals surface area contributed by atoms with Gasteiger partial charge in [-0.2, -0.15) is 5.26 Å². The molecule has 150 valence electrons. The summed E-state index contributed by atoms with van der Waals surface area (Å²) >= 11 is 0. The van der Waals surface area contributed by atoms with Gasteiger partial charge in [-0.1, -0.05) is 30.3 Å². The van der Waals surface area contributed by atoms with Gasteiger partial charge in [0.05, 0.1) is 6.61 Å². The molecule has 1 fully saturated rings. The van der Waals surface area contributed by atoms with E-state index < -0.39 is 6.09 Å². The number of amides is 2. The summed E-state index contributed by atoms with van der Waals surface area (Å²) in [5, 5.41) is 9.42. The highest BCUT2D eigenvalue weighted by Crippen LogP contribution is 2.11. The van der Waals surface area contributed by atoms with Gasteiger partial charge in [0, 0.05) is 52.0 Å². The maximum absolute atomic E-state index is 12.7. The number of hydrogen-bond donors (Lipinski definition) is 1. The van der Waals surface area contributed by atoms with Gasteiger partial charge >= 0.3 is 6.09 Å². The Labute approximate surface area is 165 Å². The maximum atomic E-state index is 12.7. The summed E-state index contributed by atoms with van der Waals surface area (Å²) in [7, 11) is 0. The van der Waals surface area contributed by atoms with Gasteiger partial charge in [0.15, 0.2) is 0 Å². The number of hydrogen-bond acceptors (Lipinski definition) is 6. The fourth-order valence-electron chi connectivity index (χ4n) is 2.96. The molecule has 1 heterocycles. The normalized spacial score (nSPS) is 15.0. The average Bonchev–Trinajstić information content (AvgIpc) is 2.72. The van der Waals surface area contributed by atoms with E-state index in [4.69, 9.17) is 10.5 Å². The Hall–Kier alpha value is -2.89. The molecule has 1 aromatic carbocycles. The number of piperazine rings is 1. The Morgan fingerprint density at radius 3 is 2.50 bits per heavy atom. The minimum atomic E-state index is -0.624. The Balaban J connectivity index is 1.97. The van der Waals surface area contributed by atoms with Gasteiger partial charge in [-0.3, -0.25) is 14.6 Å². The molecule has 0 spiro atoms. The number of benzene rings is 1. The fourth-order valence-corrected chi connectivity index (χ4v) is 2.96. The Kier molecular flexibility index (Phi) is 8.46. The van der Waals surface area contributed by atoms with E-state index >= 15 is 0 Å². The smallest absolute Gasteiger partial charge is 0.413 e. The van der Waals surface area contributed by atoms with Crippen molar-refractivity contribution < 1.29 is 14.3 Å². The molecule has 1 aliphatic heterocycles. The summed E-state index contributed by atoms with van der Waals surface area (Å²) in [6, 6.07) is 12.1. The molecule has 0 radical (unpaired) electrons. The van der Waals surface area contributed by atoms with E-state index in [1.165, 1.54) is 16.7 Å². The van der Waals surface area contributed by atoms with Crippen molar-refractivity contribution in [2.75, 3.05) is 45.9 Å². The highest BCUT2D eigenvalue weighted by Gasteiger charge is 2.25. The highest BCUT2D eigenvalue weighted by molar-refractivity contribution is 5.97. The molecular formula is C20H27N5O3. The Morgan fingerprint density at radius 1 is 1.25 bits per heavy atom. The predicted octanol–water partition coefficient (Wildman–Crippen LogP) is 1.16. The van der Waals surface area contributed by atoms with E-state index in [2.05, 4.69) is 17.0 Å². The molecular weight excluding hydrogens is 358 g/mol. The van der Waals surface area contributed by atoms with E-state index in [1.54, 1.807) is 11.8 Å². The second-order valence-electron chi connectivity index (χ2n) is 6.39. The monoisotopic (exact) mass is 385 g/mol. The van der Waals surface area contributed by atoms with Gasteiger partial charge in [-0.05, 0) is 12.5 Å². The fraction of sp³-hybridized carbons (Fsp3) is 0.450. The molecule has 1 aliphatic rings. The van der Waals surface area contributed by atoms with Gasteiger partial charge in [-0.15, -0.1) is 0 Å². The van der Waals surface area contributed by atoms with Crippen molar-refractivity contribution in [1.82, 2.24) is 14.7 Å². The van der Waals surface area contributed by atoms with Crippen LogP contribution in [0, 0.1) is 11.3 Å². The van der Waals surface area contributed by atoms with Crippen molar-refractivity contribution in [3.05, 3.63) is 47.7 Å². The summed E-state index contributed by atoms with van der Waals surface area (Å²) in [5.41, 5.74) is 6.64. The van der Waals surface area contributed by atoms with E-state index in [0.717, 1.165) is 19.6 Å². The lowest BCUT2D eigenvalue weighted by Crippen LogP contribution is -2.48. The largest absolute Gasteiger partial charge is 0.449 e. The third kappa shape index (κ3) is 6.08. The van der Waals surface area contributed by atoms with Crippen LogP contribution in [0.1, 0.15) is 12.5 Å². The summed E-state index contributed by atoms with van der Waals surface area (Å²) in [4.78, 5) is 29.8. The van der Waals surface area contributed by atoms with Crippen LogP contribution < -0.4 is 5.73 Å². The standard InChI is InChI=1S/C20H27N5O3/c1-2-28-20(27)25(9-8-21)16-18(14-22)19(26)24-12-10-23(11-13-24)15-17-6-4-3-5-7-17/h3-7,16H,2,8-13,15,21H2,1H3/b18-16-. The third-order valence-electron chi connectivity index (χ3n) is 4.42. The van der Waals surface area contributed by atoms with Crippen molar-refractivity contribution in [2.45, 2.75) is 13.5 Å². The lowest BCUT2D eigenvalue weighted by Gasteiger charge is -2.34. The minimum Gasteiger partial charge on any atom is -0.449 e. The zero-order valence-electron chi connectivity index (χ0n) is 16.2. The molecule has 1 aromatic rings. The number of rotatable bonds is 7. The maximum Gasteiger partial charge on any atom is 0.413 e. The third-order valence-corrected chi connectivity index (χ3v) is 4.42. The molecule has 1 saturated heterocycles. The molecule has 28 heavy (non-hydrogen) atoms. The molecule has 2 N–H and O–H groups in total. The molecule has 0 atom stereocenters. The molecule has 8 nitrogen and oxygen atoms in total. The predicted molar refractivity (Wildman–Crippen MR) is 105 cm³/mol. The van der Waals surface area contributed by atoms with Crippen molar-refractivity contribution in [1.29, 1.82) is 5.26 Å². The van der Waals surface area contributed by atoms with E-state index in [9.17, 15) is 14.9 Å². The molecule has 2 amide bonds. The Morgan fingerprint density at radius 2 is 1.93 bits per heavy atom. The van der Waals surface area contributed by atoms with Crippen molar-refractivity contribution in [2.24, 2.45) is 5.73 Å². The van der Waals surface area contributed by atoms with Crippen molar-refractivity contribution in [3.8, 4) is 6.07 Å². The second kappa shape index (κ2) is 11.1. The topological polar surface area (TPSA) is 103 Å². The highest BCUT2D eigenvalue weighted by atomic mass is 16.6. The second-order valence-corrected chi connectivity index (χ2v) is 6.39. The first-order valence-electron chi connectivity index (χ1n) is 9.40. The molecule has 0 aliphatic carbocycles. The average molecular weight is 385 g/mol. The van der Waals surface area contributed by atoms with Crippen LogP contribution in [0.5, 0.6) is 0 Å². The molecule has 0 saturated carbocycles. The summed E-state index contributed by atoms with van der Waals surface area (Å²) in [6.07, 6.45) is 0.616. The van der Waals surface area contributed by atoms with Crippen LogP contribution in [0.4, 0.5) is 4.79 Å². The summed E-state index contributed by atoms with van der Waals surface area (Å²) in [5.74, 6) is -0.381. The summed E-state index contributed by atoms with van der Waals surface area (Å²) in [6.45, 7) is 5.59. The van der Waals surface area contributed by atoms with Crippen LogP contribution in [-0.2, 0) is 16.1 Å². The molecule has 0 bridgehead atoms. The molecule has 0 aromatic heterocycles. The van der Waals surface area contributed by atoms with Crippen LogP contribution in [0.25, 0.3) is 0 Å². The summed E-state index contributed by atoms with van der Waals surface area (Å²) < 4.78 is 4.94. The number of carbonyl (C=O) groups is 2. The van der Waals surface area contributed by atoms with Gasteiger partial charge in [0.1, 0.15) is 11.6 Å². The zero-order chi connectivity index (χ0) is 20.4. The van der Waals surface area contributed by atoms with E-state index in [0.29, 0.717) is 13.1 Å². The number of nitrogens with two attached hydrogens (primary N) is 1. The van der Waals surface area contributed by atoms with Crippen LogP contribution >= 0.6 is 0 Å². The van der Waals surface area contributed by atoms with Crippen LogP contribution in [-0.4, -0.2) is 72.6 Å². The SMILES string of the molecule is CCOC(=O)N(/C=C(/C#N)C(=O)N1CCN(Cc2ccccc2)CC1)CCN.